The van der Waals surface area contributed by atoms with Crippen LogP contribution < -0.4 is 10.6 Å². The summed E-state index contributed by atoms with van der Waals surface area (Å²) in [6, 6.07) is 10.4. The topological polar surface area (TPSA) is 82.0 Å². The van der Waals surface area contributed by atoms with Crippen LogP contribution in [0.2, 0.25) is 0 Å². The molecule has 0 aliphatic rings. The minimum Gasteiger partial charge on any atom is -0.318 e. The first-order chi connectivity index (χ1) is 11.8. The summed E-state index contributed by atoms with van der Waals surface area (Å²) in [5.41, 5.74) is -1.28. The second-order valence-electron chi connectivity index (χ2n) is 4.67. The van der Waals surface area contributed by atoms with Gasteiger partial charge in [-0.3, -0.25) is 9.59 Å². The highest BCUT2D eigenvalue weighted by Gasteiger charge is 2.34. The van der Waals surface area contributed by atoms with Crippen molar-refractivity contribution >= 4 is 35.0 Å². The summed E-state index contributed by atoms with van der Waals surface area (Å²) in [6.45, 7) is 0. The van der Waals surface area contributed by atoms with Crippen LogP contribution in [0.1, 0.15) is 5.56 Å². The first-order valence-electron chi connectivity index (χ1n) is 6.76. The molecule has 2 N–H and O–H groups in total. The third-order valence-corrected chi connectivity index (χ3v) is 3.56. The maximum absolute atomic E-state index is 12.9. The number of nitriles is 1. The van der Waals surface area contributed by atoms with E-state index in [9.17, 15) is 22.8 Å². The maximum atomic E-state index is 12.9. The molecule has 2 rings (SSSR count). The molecule has 2 amide bonds. The molecule has 9 heteroatoms. The number of para-hydroxylation sites is 1. The van der Waals surface area contributed by atoms with E-state index in [4.69, 9.17) is 5.26 Å². The second-order valence-corrected chi connectivity index (χ2v) is 5.53. The number of amides is 2. The number of benzene rings is 2. The van der Waals surface area contributed by atoms with Crippen LogP contribution >= 0.6 is 11.8 Å². The number of nitrogens with zero attached hydrogens (tertiary/aromatic N) is 1. The van der Waals surface area contributed by atoms with Crippen molar-refractivity contribution in [3.8, 4) is 5.40 Å². The summed E-state index contributed by atoms with van der Waals surface area (Å²) in [5.74, 6) is -2.34. The lowest BCUT2D eigenvalue weighted by Gasteiger charge is -2.13. The lowest BCUT2D eigenvalue weighted by atomic mass is 10.1. The van der Waals surface area contributed by atoms with Gasteiger partial charge in [-0.25, -0.2) is 0 Å². The quantitative estimate of drug-likeness (QED) is 0.492. The van der Waals surface area contributed by atoms with Gasteiger partial charge in [0.25, 0.3) is 0 Å². The van der Waals surface area contributed by atoms with Crippen molar-refractivity contribution in [1.82, 2.24) is 0 Å². The van der Waals surface area contributed by atoms with Gasteiger partial charge in [-0.2, -0.15) is 18.4 Å². The molecule has 2 aromatic rings. The van der Waals surface area contributed by atoms with Crippen molar-refractivity contribution < 1.29 is 22.8 Å². The molecule has 2 aromatic carbocycles. The first-order valence-corrected chi connectivity index (χ1v) is 7.57. The molecule has 0 heterocycles. The molecule has 5 nitrogen and oxygen atoms in total. The third-order valence-electron chi connectivity index (χ3n) is 2.96. The summed E-state index contributed by atoms with van der Waals surface area (Å²) >= 11 is 0.922. The van der Waals surface area contributed by atoms with Crippen molar-refractivity contribution in [1.29, 1.82) is 5.26 Å². The standard InChI is InChI=1S/C16H10F3N3O2S/c17-16(18,19)12-3-1-2-4-13(12)22-15(24)14(23)21-10-5-7-11(8-6-10)25-9-20/h1-8H,(H,21,23)(H,22,24). The molecule has 0 aliphatic heterocycles. The highest BCUT2D eigenvalue weighted by Crippen LogP contribution is 2.34. The van der Waals surface area contributed by atoms with Crippen molar-refractivity contribution in [2.45, 2.75) is 11.1 Å². The lowest BCUT2D eigenvalue weighted by molar-refractivity contribution is -0.137. The molecular formula is C16H10F3N3O2S. The van der Waals surface area contributed by atoms with Crippen molar-refractivity contribution in [3.63, 3.8) is 0 Å². The van der Waals surface area contributed by atoms with E-state index in [-0.39, 0.29) is 5.69 Å². The van der Waals surface area contributed by atoms with Crippen LogP contribution in [0.15, 0.2) is 53.4 Å². The molecule has 0 saturated heterocycles. The Morgan fingerprint density at radius 3 is 2.16 bits per heavy atom. The number of nitrogens with one attached hydrogen (secondary N) is 2. The largest absolute Gasteiger partial charge is 0.418 e. The third kappa shape index (κ3) is 4.99. The average molecular weight is 365 g/mol. The monoisotopic (exact) mass is 365 g/mol. The summed E-state index contributed by atoms with van der Waals surface area (Å²) < 4.78 is 38.6. The predicted molar refractivity (Wildman–Crippen MR) is 86.6 cm³/mol. The van der Waals surface area contributed by atoms with Crippen molar-refractivity contribution in [3.05, 3.63) is 54.1 Å². The van der Waals surface area contributed by atoms with Gasteiger partial charge in [-0.1, -0.05) is 12.1 Å². The zero-order chi connectivity index (χ0) is 18.4. The van der Waals surface area contributed by atoms with Gasteiger partial charge >= 0.3 is 18.0 Å². The molecule has 0 saturated carbocycles. The van der Waals surface area contributed by atoms with Crippen molar-refractivity contribution in [2.24, 2.45) is 0 Å². The summed E-state index contributed by atoms with van der Waals surface area (Å²) in [4.78, 5) is 24.3. The Kier molecular flexibility index (Phi) is 5.67. The second kappa shape index (κ2) is 7.72. The van der Waals surface area contributed by atoms with E-state index in [0.29, 0.717) is 4.90 Å². The molecule has 0 bridgehead atoms. The van der Waals surface area contributed by atoms with Crippen LogP contribution in [-0.2, 0) is 15.8 Å². The summed E-state index contributed by atoms with van der Waals surface area (Å²) in [6.07, 6.45) is -4.66. The number of thioether (sulfide) groups is 1. The zero-order valence-electron chi connectivity index (χ0n) is 12.4. The van der Waals surface area contributed by atoms with Gasteiger partial charge in [-0.15, -0.1) is 0 Å². The fourth-order valence-corrected chi connectivity index (χ4v) is 2.24. The summed E-state index contributed by atoms with van der Waals surface area (Å²) in [5, 5.41) is 14.6. The first kappa shape index (κ1) is 18.4. The van der Waals surface area contributed by atoms with Crippen molar-refractivity contribution in [2.75, 3.05) is 10.6 Å². The van der Waals surface area contributed by atoms with Gasteiger partial charge in [0.05, 0.1) is 11.3 Å². The number of anilines is 2. The zero-order valence-corrected chi connectivity index (χ0v) is 13.2. The number of hydrogen-bond acceptors (Lipinski definition) is 4. The highest BCUT2D eigenvalue weighted by atomic mass is 32.2. The number of alkyl halides is 3. The van der Waals surface area contributed by atoms with Gasteiger partial charge < -0.3 is 10.6 Å². The fraction of sp³-hybridized carbons (Fsp3) is 0.0625. The Bertz CT molecular complexity index is 830. The fourth-order valence-electron chi connectivity index (χ4n) is 1.87. The number of halogens is 3. The molecule has 128 valence electrons. The Morgan fingerprint density at radius 1 is 0.960 bits per heavy atom. The smallest absolute Gasteiger partial charge is 0.318 e. The Labute approximate surface area is 144 Å². The number of carbonyl (C=O) groups excluding carboxylic acids is 2. The molecule has 0 spiro atoms. The Balaban J connectivity index is 2.06. The average Bonchev–Trinajstić information content (AvgIpc) is 2.56. The molecule has 0 atom stereocenters. The van der Waals surface area contributed by atoms with E-state index < -0.39 is 29.2 Å². The number of thiocyanates is 1. The maximum Gasteiger partial charge on any atom is 0.418 e. The van der Waals surface area contributed by atoms with Crippen LogP contribution in [0.3, 0.4) is 0 Å². The van der Waals surface area contributed by atoms with E-state index in [1.807, 2.05) is 10.7 Å². The van der Waals surface area contributed by atoms with Gasteiger partial charge in [0.15, 0.2) is 0 Å². The SMILES string of the molecule is N#CSc1ccc(NC(=O)C(=O)Nc2ccccc2C(F)(F)F)cc1. The predicted octanol–water partition coefficient (Wildman–Crippen LogP) is 3.86. The number of rotatable bonds is 3. The van der Waals surface area contributed by atoms with Gasteiger partial charge in [0.1, 0.15) is 5.40 Å². The molecular weight excluding hydrogens is 355 g/mol. The molecule has 0 fully saturated rings. The van der Waals surface area contributed by atoms with Crippen LogP contribution in [-0.4, -0.2) is 11.8 Å². The van der Waals surface area contributed by atoms with Crippen LogP contribution in [0.4, 0.5) is 24.5 Å². The van der Waals surface area contributed by atoms with E-state index in [1.54, 1.807) is 12.1 Å². The van der Waals surface area contributed by atoms with Gasteiger partial charge in [0.2, 0.25) is 0 Å². The van der Waals surface area contributed by atoms with E-state index in [0.717, 1.165) is 23.9 Å². The number of carbonyl (C=O) groups is 2. The minimum absolute atomic E-state index is 0.270. The van der Waals surface area contributed by atoms with E-state index >= 15 is 0 Å². The number of hydrogen-bond donors (Lipinski definition) is 2. The minimum atomic E-state index is -4.66. The van der Waals surface area contributed by atoms with Crippen LogP contribution in [0, 0.1) is 10.7 Å². The lowest BCUT2D eigenvalue weighted by Crippen LogP contribution is -2.30. The molecule has 0 aromatic heterocycles. The molecule has 0 aliphatic carbocycles. The molecule has 0 radical (unpaired) electrons. The highest BCUT2D eigenvalue weighted by molar-refractivity contribution is 8.03. The van der Waals surface area contributed by atoms with Gasteiger partial charge in [-0.05, 0) is 48.2 Å². The van der Waals surface area contributed by atoms with E-state index in [2.05, 4.69) is 5.32 Å². The normalized spacial score (nSPS) is 10.6. The Hall–Kier alpha value is -2.99. The Morgan fingerprint density at radius 2 is 1.56 bits per heavy atom. The molecule has 0 unspecified atom stereocenters. The van der Waals surface area contributed by atoms with Gasteiger partial charge in [0, 0.05) is 10.6 Å². The van der Waals surface area contributed by atoms with E-state index in [1.165, 1.54) is 24.3 Å². The van der Waals surface area contributed by atoms with Crippen LogP contribution in [0.25, 0.3) is 0 Å². The molecule has 25 heavy (non-hydrogen) atoms. The van der Waals surface area contributed by atoms with Crippen LogP contribution in [0.5, 0.6) is 0 Å². The summed E-state index contributed by atoms with van der Waals surface area (Å²) in [7, 11) is 0.